The maximum absolute atomic E-state index is 12.2. The van der Waals surface area contributed by atoms with Crippen molar-refractivity contribution in [2.45, 2.75) is 6.54 Å². The number of rotatable bonds is 4. The summed E-state index contributed by atoms with van der Waals surface area (Å²) in [6.07, 6.45) is 8.22. The third kappa shape index (κ3) is 3.70. The molecule has 0 radical (unpaired) electrons. The van der Waals surface area contributed by atoms with Crippen molar-refractivity contribution in [2.75, 3.05) is 12.4 Å². The molecule has 0 saturated heterocycles. The average molecular weight is 308 g/mol. The Balaban J connectivity index is 1.63. The van der Waals surface area contributed by atoms with Gasteiger partial charge in [0.1, 0.15) is 0 Å². The highest BCUT2D eigenvalue weighted by molar-refractivity contribution is 5.88. The first kappa shape index (κ1) is 14.7. The molecule has 0 saturated carbocycles. The van der Waals surface area contributed by atoms with Crippen LogP contribution in [0.1, 0.15) is 5.69 Å². The van der Waals surface area contributed by atoms with Crippen molar-refractivity contribution in [3.63, 3.8) is 0 Å². The van der Waals surface area contributed by atoms with E-state index in [0.29, 0.717) is 12.2 Å². The summed E-state index contributed by atoms with van der Waals surface area (Å²) in [7, 11) is 1.70. The van der Waals surface area contributed by atoms with E-state index in [1.807, 2.05) is 30.3 Å². The van der Waals surface area contributed by atoms with Crippen molar-refractivity contribution in [1.82, 2.24) is 24.6 Å². The predicted molar refractivity (Wildman–Crippen MR) is 86.1 cm³/mol. The molecule has 2 heterocycles. The number of aromatic nitrogens is 4. The number of benzene rings is 1. The lowest BCUT2D eigenvalue weighted by Crippen LogP contribution is -2.31. The van der Waals surface area contributed by atoms with Crippen LogP contribution in [-0.4, -0.2) is 37.7 Å². The third-order valence-electron chi connectivity index (χ3n) is 3.22. The molecule has 3 aromatic rings. The van der Waals surface area contributed by atoms with Crippen molar-refractivity contribution in [2.24, 2.45) is 0 Å². The standard InChI is InChI=1S/C16H16N6O/c1-21(11-13-9-17-7-8-18-13)16(23)20-14-10-19-22(12-14)15-5-3-2-4-6-15/h2-10,12H,11H2,1H3,(H,20,23). The Kier molecular flexibility index (Phi) is 4.28. The van der Waals surface area contributed by atoms with Gasteiger partial charge in [0.05, 0.1) is 42.2 Å². The van der Waals surface area contributed by atoms with Crippen LogP contribution in [0, 0.1) is 0 Å². The Bertz CT molecular complexity index is 772. The minimum absolute atomic E-state index is 0.233. The van der Waals surface area contributed by atoms with Crippen molar-refractivity contribution in [3.05, 3.63) is 67.0 Å². The summed E-state index contributed by atoms with van der Waals surface area (Å²) in [5.41, 5.74) is 2.29. The maximum atomic E-state index is 12.2. The van der Waals surface area contributed by atoms with Gasteiger partial charge in [-0.05, 0) is 12.1 Å². The second-order valence-corrected chi connectivity index (χ2v) is 4.99. The SMILES string of the molecule is CN(Cc1cnccn1)C(=O)Nc1cnn(-c2ccccc2)c1. The lowest BCUT2D eigenvalue weighted by Gasteiger charge is -2.16. The van der Waals surface area contributed by atoms with E-state index in [4.69, 9.17) is 0 Å². The molecule has 116 valence electrons. The number of anilines is 1. The van der Waals surface area contributed by atoms with Gasteiger partial charge in [-0.2, -0.15) is 5.10 Å². The van der Waals surface area contributed by atoms with Gasteiger partial charge in [0, 0.05) is 19.4 Å². The van der Waals surface area contributed by atoms with Crippen molar-refractivity contribution in [3.8, 4) is 5.69 Å². The Morgan fingerprint density at radius 3 is 2.78 bits per heavy atom. The van der Waals surface area contributed by atoms with Crippen LogP contribution in [0.3, 0.4) is 0 Å². The van der Waals surface area contributed by atoms with Gasteiger partial charge >= 0.3 is 6.03 Å². The Morgan fingerprint density at radius 2 is 2.04 bits per heavy atom. The quantitative estimate of drug-likeness (QED) is 0.802. The summed E-state index contributed by atoms with van der Waals surface area (Å²) in [6, 6.07) is 9.46. The molecule has 1 aromatic carbocycles. The van der Waals surface area contributed by atoms with E-state index in [0.717, 1.165) is 11.4 Å². The Morgan fingerprint density at radius 1 is 1.22 bits per heavy atom. The van der Waals surface area contributed by atoms with Crippen LogP contribution in [0.4, 0.5) is 10.5 Å². The number of hydrogen-bond donors (Lipinski definition) is 1. The lowest BCUT2D eigenvalue weighted by atomic mass is 10.3. The summed E-state index contributed by atoms with van der Waals surface area (Å²) < 4.78 is 1.71. The molecule has 1 N–H and O–H groups in total. The fourth-order valence-corrected chi connectivity index (χ4v) is 2.05. The predicted octanol–water partition coefficient (Wildman–Crippen LogP) is 2.33. The van der Waals surface area contributed by atoms with E-state index in [-0.39, 0.29) is 6.03 Å². The summed E-state index contributed by atoms with van der Waals surface area (Å²) in [5.74, 6) is 0. The van der Waals surface area contributed by atoms with Gasteiger partial charge in [0.15, 0.2) is 0 Å². The highest BCUT2D eigenvalue weighted by Gasteiger charge is 2.11. The summed E-state index contributed by atoms with van der Waals surface area (Å²) >= 11 is 0. The Labute approximate surface area is 133 Å². The number of amides is 2. The van der Waals surface area contributed by atoms with Gasteiger partial charge in [-0.3, -0.25) is 9.97 Å². The molecule has 23 heavy (non-hydrogen) atoms. The molecule has 0 aliphatic heterocycles. The minimum Gasteiger partial charge on any atom is -0.322 e. The minimum atomic E-state index is -0.233. The molecular weight excluding hydrogens is 292 g/mol. The molecule has 3 rings (SSSR count). The summed E-state index contributed by atoms with van der Waals surface area (Å²) in [6.45, 7) is 0.381. The Hall–Kier alpha value is -3.22. The van der Waals surface area contributed by atoms with Gasteiger partial charge in [-0.15, -0.1) is 0 Å². The van der Waals surface area contributed by atoms with Crippen LogP contribution in [0.25, 0.3) is 5.69 Å². The molecule has 7 heteroatoms. The number of carbonyl (C=O) groups excluding carboxylic acids is 1. The van der Waals surface area contributed by atoms with Gasteiger partial charge in [-0.25, -0.2) is 9.48 Å². The number of urea groups is 1. The number of para-hydroxylation sites is 1. The van der Waals surface area contributed by atoms with E-state index in [9.17, 15) is 4.79 Å². The lowest BCUT2D eigenvalue weighted by molar-refractivity contribution is 0.220. The molecule has 7 nitrogen and oxygen atoms in total. The van der Waals surface area contributed by atoms with Crippen molar-refractivity contribution >= 4 is 11.7 Å². The van der Waals surface area contributed by atoms with Gasteiger partial charge < -0.3 is 10.2 Å². The zero-order valence-corrected chi connectivity index (χ0v) is 12.6. The number of hydrogen-bond acceptors (Lipinski definition) is 4. The summed E-state index contributed by atoms with van der Waals surface area (Å²) in [4.78, 5) is 21.9. The molecule has 0 spiro atoms. The molecule has 2 aromatic heterocycles. The van der Waals surface area contributed by atoms with Crippen LogP contribution in [0.5, 0.6) is 0 Å². The van der Waals surface area contributed by atoms with Crippen LogP contribution in [-0.2, 0) is 6.54 Å². The zero-order chi connectivity index (χ0) is 16.1. The third-order valence-corrected chi connectivity index (χ3v) is 3.22. The fourth-order valence-electron chi connectivity index (χ4n) is 2.05. The smallest absolute Gasteiger partial charge is 0.322 e. The fraction of sp³-hybridized carbons (Fsp3) is 0.125. The number of nitrogens with one attached hydrogen (secondary N) is 1. The first-order valence-electron chi connectivity index (χ1n) is 7.09. The van der Waals surface area contributed by atoms with Crippen molar-refractivity contribution in [1.29, 1.82) is 0 Å². The maximum Gasteiger partial charge on any atom is 0.322 e. The molecule has 0 unspecified atom stereocenters. The normalized spacial score (nSPS) is 10.3. The van der Waals surface area contributed by atoms with Crippen LogP contribution in [0.2, 0.25) is 0 Å². The zero-order valence-electron chi connectivity index (χ0n) is 12.6. The highest BCUT2D eigenvalue weighted by atomic mass is 16.2. The molecule has 0 atom stereocenters. The van der Waals surface area contributed by atoms with Crippen LogP contribution >= 0.6 is 0 Å². The van der Waals surface area contributed by atoms with Crippen molar-refractivity contribution < 1.29 is 4.79 Å². The topological polar surface area (TPSA) is 75.9 Å². The first-order valence-corrected chi connectivity index (χ1v) is 7.09. The molecule has 2 amide bonds. The second-order valence-electron chi connectivity index (χ2n) is 4.99. The molecule has 0 aliphatic rings. The van der Waals surface area contributed by atoms with E-state index < -0.39 is 0 Å². The van der Waals surface area contributed by atoms with E-state index in [2.05, 4.69) is 20.4 Å². The highest BCUT2D eigenvalue weighted by Crippen LogP contribution is 2.12. The second kappa shape index (κ2) is 6.69. The number of nitrogens with zero attached hydrogens (tertiary/aromatic N) is 5. The van der Waals surface area contributed by atoms with Gasteiger partial charge in [0.2, 0.25) is 0 Å². The number of carbonyl (C=O) groups is 1. The van der Waals surface area contributed by atoms with E-state index in [1.54, 1.807) is 42.7 Å². The largest absolute Gasteiger partial charge is 0.322 e. The van der Waals surface area contributed by atoms with Crippen LogP contribution in [0.15, 0.2) is 61.3 Å². The average Bonchev–Trinajstić information content (AvgIpc) is 3.05. The van der Waals surface area contributed by atoms with Crippen LogP contribution < -0.4 is 5.32 Å². The molecular formula is C16H16N6O. The monoisotopic (exact) mass is 308 g/mol. The summed E-state index contributed by atoms with van der Waals surface area (Å²) in [5, 5.41) is 7.05. The molecule has 0 fully saturated rings. The molecule has 0 bridgehead atoms. The molecule has 0 aliphatic carbocycles. The van der Waals surface area contributed by atoms with E-state index >= 15 is 0 Å². The van der Waals surface area contributed by atoms with Gasteiger partial charge in [0.25, 0.3) is 0 Å². The van der Waals surface area contributed by atoms with Gasteiger partial charge in [-0.1, -0.05) is 18.2 Å². The first-order chi connectivity index (χ1) is 11.2. The van der Waals surface area contributed by atoms with E-state index in [1.165, 1.54) is 4.90 Å².